The van der Waals surface area contributed by atoms with Crippen molar-refractivity contribution in [2.45, 2.75) is 0 Å². The van der Waals surface area contributed by atoms with Gasteiger partial charge < -0.3 is 9.57 Å². The van der Waals surface area contributed by atoms with Crippen molar-refractivity contribution < 1.29 is 19.2 Å². The number of benzene rings is 1. The first kappa shape index (κ1) is 10.9. The van der Waals surface area contributed by atoms with Crippen molar-refractivity contribution in [2.24, 2.45) is 5.90 Å². The maximum Gasteiger partial charge on any atom is 0.357 e. The molecule has 1 aromatic rings. The maximum absolute atomic E-state index is 11.3. The van der Waals surface area contributed by atoms with Crippen molar-refractivity contribution in [3.8, 4) is 0 Å². The van der Waals surface area contributed by atoms with Crippen molar-refractivity contribution in [2.75, 3.05) is 0 Å². The summed E-state index contributed by atoms with van der Waals surface area (Å²) in [5.74, 6) is 3.24. The minimum Gasteiger partial charge on any atom is -0.432 e. The van der Waals surface area contributed by atoms with Gasteiger partial charge in [-0.25, -0.2) is 9.59 Å². The standard InChI is InChI=1S/C10H9NO4/c1-2-14-9(12)7-5-3-4-6-8(7)10(13)15-11/h2-6H,1,11H2. The van der Waals surface area contributed by atoms with Gasteiger partial charge in [0.2, 0.25) is 0 Å². The zero-order valence-electron chi connectivity index (χ0n) is 7.80. The normalized spacial score (nSPS) is 9.13. The molecule has 2 N–H and O–H groups in total. The smallest absolute Gasteiger partial charge is 0.357 e. The molecule has 0 aromatic heterocycles. The molecule has 1 aromatic carbocycles. The predicted molar refractivity (Wildman–Crippen MR) is 51.7 cm³/mol. The van der Waals surface area contributed by atoms with E-state index in [1.165, 1.54) is 12.1 Å². The predicted octanol–water partition coefficient (Wildman–Crippen LogP) is 1.02. The van der Waals surface area contributed by atoms with Crippen LogP contribution in [0.3, 0.4) is 0 Å². The first-order valence-corrected chi connectivity index (χ1v) is 4.02. The van der Waals surface area contributed by atoms with Crippen LogP contribution in [0.15, 0.2) is 37.1 Å². The van der Waals surface area contributed by atoms with E-state index in [1.54, 1.807) is 12.1 Å². The fourth-order valence-corrected chi connectivity index (χ4v) is 1.04. The lowest BCUT2D eigenvalue weighted by atomic mass is 10.1. The Kier molecular flexibility index (Phi) is 3.59. The summed E-state index contributed by atoms with van der Waals surface area (Å²) in [5.41, 5.74) is 0.125. The number of carbonyl (C=O) groups excluding carboxylic acids is 2. The largest absolute Gasteiger partial charge is 0.432 e. The van der Waals surface area contributed by atoms with E-state index >= 15 is 0 Å². The summed E-state index contributed by atoms with van der Waals surface area (Å²) in [4.78, 5) is 26.5. The molecule has 0 saturated carbocycles. The summed E-state index contributed by atoms with van der Waals surface area (Å²) in [5, 5.41) is 0. The van der Waals surface area contributed by atoms with Crippen LogP contribution in [0.25, 0.3) is 0 Å². The van der Waals surface area contributed by atoms with E-state index in [-0.39, 0.29) is 11.1 Å². The van der Waals surface area contributed by atoms with Gasteiger partial charge in [0.25, 0.3) is 0 Å². The first-order chi connectivity index (χ1) is 7.20. The summed E-state index contributed by atoms with van der Waals surface area (Å²) in [6, 6.07) is 6.01. The Morgan fingerprint density at radius 2 is 1.73 bits per heavy atom. The molecule has 0 bridgehead atoms. The summed E-state index contributed by atoms with van der Waals surface area (Å²) in [6.45, 7) is 3.24. The van der Waals surface area contributed by atoms with Crippen LogP contribution >= 0.6 is 0 Å². The van der Waals surface area contributed by atoms with Crippen LogP contribution in [0.4, 0.5) is 0 Å². The average Bonchev–Trinajstić information content (AvgIpc) is 2.28. The lowest BCUT2D eigenvalue weighted by molar-refractivity contribution is 0.0491. The second-order valence-electron chi connectivity index (χ2n) is 2.52. The molecule has 1 rings (SSSR count). The molecule has 78 valence electrons. The van der Waals surface area contributed by atoms with Gasteiger partial charge in [0.15, 0.2) is 0 Å². The SMILES string of the molecule is C=COC(=O)c1ccccc1C(=O)ON. The second-order valence-corrected chi connectivity index (χ2v) is 2.52. The molecular formula is C10H9NO4. The molecule has 0 radical (unpaired) electrons. The van der Waals surface area contributed by atoms with Gasteiger partial charge in [0, 0.05) is 0 Å². The van der Waals surface area contributed by atoms with Gasteiger partial charge in [-0.2, -0.15) is 5.90 Å². The Bertz CT molecular complexity index is 400. The third-order valence-corrected chi connectivity index (χ3v) is 1.66. The molecule has 0 aliphatic heterocycles. The Balaban J connectivity index is 3.11. The minimum atomic E-state index is -0.799. The van der Waals surface area contributed by atoms with E-state index < -0.39 is 11.9 Å². The van der Waals surface area contributed by atoms with Crippen molar-refractivity contribution in [1.29, 1.82) is 0 Å². The van der Waals surface area contributed by atoms with Crippen molar-refractivity contribution in [1.82, 2.24) is 0 Å². The van der Waals surface area contributed by atoms with Crippen LogP contribution in [0.5, 0.6) is 0 Å². The number of nitrogens with two attached hydrogens (primary N) is 1. The molecule has 5 heteroatoms. The lowest BCUT2D eigenvalue weighted by Gasteiger charge is -2.04. The summed E-state index contributed by atoms with van der Waals surface area (Å²) >= 11 is 0. The van der Waals surface area contributed by atoms with Crippen molar-refractivity contribution in [3.63, 3.8) is 0 Å². The third-order valence-electron chi connectivity index (χ3n) is 1.66. The van der Waals surface area contributed by atoms with Gasteiger partial charge in [0.1, 0.15) is 0 Å². The Labute approximate surface area is 86.0 Å². The van der Waals surface area contributed by atoms with E-state index in [4.69, 9.17) is 5.90 Å². The molecule has 0 atom stereocenters. The summed E-state index contributed by atoms with van der Waals surface area (Å²) in [7, 11) is 0. The third kappa shape index (κ3) is 2.41. The first-order valence-electron chi connectivity index (χ1n) is 4.02. The monoisotopic (exact) mass is 207 g/mol. The highest BCUT2D eigenvalue weighted by molar-refractivity contribution is 6.03. The summed E-state index contributed by atoms with van der Waals surface area (Å²) in [6.07, 6.45) is 0.979. The second kappa shape index (κ2) is 4.92. The number of carbonyl (C=O) groups is 2. The van der Waals surface area contributed by atoms with Gasteiger partial charge >= 0.3 is 11.9 Å². The van der Waals surface area contributed by atoms with Crippen LogP contribution in [-0.2, 0) is 9.57 Å². The maximum atomic E-state index is 11.3. The molecule has 15 heavy (non-hydrogen) atoms. The topological polar surface area (TPSA) is 78.6 Å². The van der Waals surface area contributed by atoms with Gasteiger partial charge in [0.05, 0.1) is 17.4 Å². The van der Waals surface area contributed by atoms with Crippen LogP contribution in [0.2, 0.25) is 0 Å². The van der Waals surface area contributed by atoms with E-state index in [1.807, 2.05) is 0 Å². The average molecular weight is 207 g/mol. The molecule has 0 aliphatic rings. The van der Waals surface area contributed by atoms with E-state index in [2.05, 4.69) is 16.2 Å². The highest BCUT2D eigenvalue weighted by Gasteiger charge is 2.17. The molecule has 0 fully saturated rings. The van der Waals surface area contributed by atoms with Gasteiger partial charge in [-0.15, -0.1) is 0 Å². The van der Waals surface area contributed by atoms with Crippen LogP contribution in [0, 0.1) is 0 Å². The number of hydrogen-bond acceptors (Lipinski definition) is 5. The molecule has 0 spiro atoms. The Morgan fingerprint density at radius 3 is 2.20 bits per heavy atom. The number of hydrogen-bond donors (Lipinski definition) is 1. The quantitative estimate of drug-likeness (QED) is 0.454. The summed E-state index contributed by atoms with van der Waals surface area (Å²) < 4.78 is 4.54. The van der Waals surface area contributed by atoms with E-state index in [0.717, 1.165) is 6.26 Å². The molecule has 0 saturated heterocycles. The fraction of sp³-hybridized carbons (Fsp3) is 0. The lowest BCUT2D eigenvalue weighted by Crippen LogP contribution is -2.15. The Morgan fingerprint density at radius 1 is 1.20 bits per heavy atom. The van der Waals surface area contributed by atoms with Crippen LogP contribution in [0.1, 0.15) is 20.7 Å². The van der Waals surface area contributed by atoms with E-state index in [0.29, 0.717) is 0 Å². The number of esters is 1. The zero-order chi connectivity index (χ0) is 11.3. The van der Waals surface area contributed by atoms with Crippen molar-refractivity contribution in [3.05, 3.63) is 48.2 Å². The van der Waals surface area contributed by atoms with Crippen LogP contribution in [-0.4, -0.2) is 11.9 Å². The molecule has 5 nitrogen and oxygen atoms in total. The van der Waals surface area contributed by atoms with Gasteiger partial charge in [-0.05, 0) is 12.1 Å². The zero-order valence-corrected chi connectivity index (χ0v) is 7.80. The molecule has 0 unspecified atom stereocenters. The van der Waals surface area contributed by atoms with Crippen LogP contribution < -0.4 is 5.90 Å². The van der Waals surface area contributed by atoms with Crippen molar-refractivity contribution >= 4 is 11.9 Å². The highest BCUT2D eigenvalue weighted by Crippen LogP contribution is 2.11. The highest BCUT2D eigenvalue weighted by atomic mass is 16.7. The molecule has 0 aliphatic carbocycles. The fourth-order valence-electron chi connectivity index (χ4n) is 1.04. The minimum absolute atomic E-state index is 0.0480. The van der Waals surface area contributed by atoms with Gasteiger partial charge in [-0.1, -0.05) is 18.7 Å². The molecule has 0 heterocycles. The van der Waals surface area contributed by atoms with E-state index in [9.17, 15) is 9.59 Å². The Hall–Kier alpha value is -2.14. The molecular weight excluding hydrogens is 198 g/mol. The number of ether oxygens (including phenoxy) is 1. The van der Waals surface area contributed by atoms with Gasteiger partial charge in [-0.3, -0.25) is 0 Å². The molecule has 0 amide bonds. The number of rotatable bonds is 3.